The average Bonchev–Trinajstić information content (AvgIpc) is 3.45. The summed E-state index contributed by atoms with van der Waals surface area (Å²) in [5.74, 6) is -5.30. The number of likely N-dealkylation sites (tertiary alicyclic amines) is 1. The Bertz CT molecular complexity index is 1390. The molecule has 1 fully saturated rings. The Labute approximate surface area is 224 Å². The summed E-state index contributed by atoms with van der Waals surface area (Å²) in [5, 5.41) is 38.0. The van der Waals surface area contributed by atoms with Crippen molar-refractivity contribution >= 4 is 23.6 Å². The van der Waals surface area contributed by atoms with Crippen LogP contribution in [-0.4, -0.2) is 70.0 Å². The van der Waals surface area contributed by atoms with Crippen molar-refractivity contribution in [1.82, 2.24) is 19.5 Å². The highest BCUT2D eigenvalue weighted by molar-refractivity contribution is 5.88. The Hall–Kier alpha value is -4.11. The van der Waals surface area contributed by atoms with E-state index < -0.39 is 48.2 Å². The molecule has 40 heavy (non-hydrogen) atoms. The fraction of sp³-hybridized carbons (Fsp3) is 0.400. The van der Waals surface area contributed by atoms with Crippen molar-refractivity contribution in [2.75, 3.05) is 6.54 Å². The first-order valence-electron chi connectivity index (χ1n) is 11.9. The lowest BCUT2D eigenvalue weighted by Crippen LogP contribution is -2.42. The minimum atomic E-state index is -4.52. The first kappa shape index (κ1) is 30.4. The number of alkyl halides is 3. The summed E-state index contributed by atoms with van der Waals surface area (Å²) in [4.78, 5) is 36.7. The lowest BCUT2D eigenvalue weighted by atomic mass is 9.96. The van der Waals surface area contributed by atoms with E-state index in [1.54, 1.807) is 24.3 Å². The molecule has 2 aromatic heterocycles. The second kappa shape index (κ2) is 12.0. The molecule has 4 rings (SSSR count). The van der Waals surface area contributed by atoms with Crippen molar-refractivity contribution in [1.29, 1.82) is 0 Å². The Morgan fingerprint density at radius 2 is 1.68 bits per heavy atom. The molecule has 1 aliphatic heterocycles. The summed E-state index contributed by atoms with van der Waals surface area (Å²) < 4.78 is 54.9. The number of aliphatic carboxylic acids is 3. The zero-order valence-corrected chi connectivity index (χ0v) is 21.1. The molecule has 0 saturated carbocycles. The number of rotatable bonds is 8. The Kier molecular flexibility index (Phi) is 9.10. The molecule has 3 heterocycles. The molecule has 216 valence electrons. The summed E-state index contributed by atoms with van der Waals surface area (Å²) in [6, 6.07) is 8.98. The molecule has 3 aromatic rings. The molecule has 15 heteroatoms. The number of benzene rings is 1. The van der Waals surface area contributed by atoms with E-state index in [2.05, 4.69) is 15.0 Å². The normalized spacial score (nSPS) is 16.0. The third-order valence-electron chi connectivity index (χ3n) is 6.19. The van der Waals surface area contributed by atoms with Crippen LogP contribution in [0.4, 0.5) is 17.6 Å². The number of hydrogen-bond acceptors (Lipinski definition) is 7. The van der Waals surface area contributed by atoms with Gasteiger partial charge in [-0.1, -0.05) is 18.2 Å². The maximum Gasteiger partial charge on any atom is 0.433 e. The lowest BCUT2D eigenvalue weighted by Gasteiger charge is -2.23. The van der Waals surface area contributed by atoms with Gasteiger partial charge in [0.25, 0.3) is 0 Å². The molecule has 0 spiro atoms. The summed E-state index contributed by atoms with van der Waals surface area (Å²) >= 11 is 0. The number of carboxylic acids is 3. The summed E-state index contributed by atoms with van der Waals surface area (Å²) in [7, 11) is 0. The molecule has 1 atom stereocenters. The van der Waals surface area contributed by atoms with Crippen LogP contribution >= 0.6 is 0 Å². The van der Waals surface area contributed by atoms with Gasteiger partial charge in [0.05, 0.1) is 24.6 Å². The van der Waals surface area contributed by atoms with E-state index in [1.807, 2.05) is 0 Å². The van der Waals surface area contributed by atoms with E-state index in [9.17, 15) is 31.9 Å². The summed E-state index contributed by atoms with van der Waals surface area (Å²) in [5.41, 5.74) is -2.01. The number of aliphatic hydroxyl groups is 1. The van der Waals surface area contributed by atoms with Gasteiger partial charge in [-0.15, -0.1) is 0 Å². The van der Waals surface area contributed by atoms with Gasteiger partial charge >= 0.3 is 24.1 Å². The molecule has 1 aromatic carbocycles. The smallest absolute Gasteiger partial charge is 0.433 e. The third-order valence-corrected chi connectivity index (χ3v) is 6.19. The predicted molar refractivity (Wildman–Crippen MR) is 129 cm³/mol. The standard InChI is InChI=1S/C19H18F4N4.C6H8O7/c1-12-9-17(19(21,22)23)27-18(24-12)10-15(25-27)16-7-4-8-26(16)11-13-5-2-3-6-14(13)20;7-3(8)1-6(13,5(11)12)2-4(9)10/h2-3,5-6,9-10,16H,4,7-8,11H2,1H3;13H,1-2H2,(H,7,8)(H,9,10)(H,11,12). The van der Waals surface area contributed by atoms with Gasteiger partial charge in [-0.3, -0.25) is 14.5 Å². The van der Waals surface area contributed by atoms with Crippen molar-refractivity contribution in [3.63, 3.8) is 0 Å². The minimum Gasteiger partial charge on any atom is -0.481 e. The third kappa shape index (κ3) is 7.30. The van der Waals surface area contributed by atoms with E-state index >= 15 is 0 Å². The number of fused-ring (bicyclic) bond motifs is 1. The number of aromatic nitrogens is 3. The van der Waals surface area contributed by atoms with Crippen molar-refractivity contribution in [3.8, 4) is 0 Å². The van der Waals surface area contributed by atoms with Gasteiger partial charge in [-0.05, 0) is 38.4 Å². The van der Waals surface area contributed by atoms with Crippen LogP contribution < -0.4 is 0 Å². The molecule has 1 saturated heterocycles. The molecule has 4 N–H and O–H groups in total. The van der Waals surface area contributed by atoms with Crippen LogP contribution in [0.2, 0.25) is 0 Å². The number of aryl methyl sites for hydroxylation is 1. The Morgan fingerprint density at radius 1 is 1.05 bits per heavy atom. The van der Waals surface area contributed by atoms with Crippen molar-refractivity contribution in [2.45, 2.75) is 57.0 Å². The highest BCUT2D eigenvalue weighted by Crippen LogP contribution is 2.35. The van der Waals surface area contributed by atoms with Gasteiger partial charge in [0, 0.05) is 23.9 Å². The van der Waals surface area contributed by atoms with Crippen LogP contribution in [0.25, 0.3) is 5.65 Å². The second-order valence-electron chi connectivity index (χ2n) is 9.32. The van der Waals surface area contributed by atoms with Crippen LogP contribution in [0, 0.1) is 12.7 Å². The second-order valence-corrected chi connectivity index (χ2v) is 9.32. The summed E-state index contributed by atoms with van der Waals surface area (Å²) in [6.07, 6.45) is -5.16. The maximum atomic E-state index is 14.0. The van der Waals surface area contributed by atoms with Gasteiger partial charge in [-0.2, -0.15) is 18.3 Å². The molecule has 1 aliphatic rings. The van der Waals surface area contributed by atoms with Gasteiger partial charge in [0.15, 0.2) is 11.2 Å². The van der Waals surface area contributed by atoms with Crippen LogP contribution in [0.1, 0.15) is 54.4 Å². The average molecular weight is 570 g/mol. The van der Waals surface area contributed by atoms with E-state index in [-0.39, 0.29) is 23.2 Å². The number of carbonyl (C=O) groups is 3. The van der Waals surface area contributed by atoms with Crippen LogP contribution in [0.15, 0.2) is 36.4 Å². The van der Waals surface area contributed by atoms with Crippen molar-refractivity contribution < 1.29 is 52.4 Å². The fourth-order valence-corrected chi connectivity index (χ4v) is 4.39. The Morgan fingerprint density at radius 3 is 2.23 bits per heavy atom. The number of nitrogens with zero attached hydrogens (tertiary/aromatic N) is 4. The molecule has 11 nitrogen and oxygen atoms in total. The summed E-state index contributed by atoms with van der Waals surface area (Å²) in [6.45, 7) is 2.66. The first-order valence-corrected chi connectivity index (χ1v) is 11.9. The lowest BCUT2D eigenvalue weighted by molar-refractivity contribution is -0.170. The number of carboxylic acid groups (broad SMARTS) is 3. The highest BCUT2D eigenvalue weighted by atomic mass is 19.4. The molecular formula is C25H26F4N4O7. The van der Waals surface area contributed by atoms with E-state index in [0.717, 1.165) is 30.0 Å². The largest absolute Gasteiger partial charge is 0.481 e. The number of halogens is 4. The van der Waals surface area contributed by atoms with Gasteiger partial charge in [0.1, 0.15) is 11.5 Å². The van der Waals surface area contributed by atoms with Crippen molar-refractivity contribution in [3.05, 3.63) is 64.9 Å². The first-order chi connectivity index (χ1) is 18.6. The fourth-order valence-electron chi connectivity index (χ4n) is 4.39. The molecule has 0 amide bonds. The van der Waals surface area contributed by atoms with Crippen LogP contribution in [0.5, 0.6) is 0 Å². The predicted octanol–water partition coefficient (Wildman–Crippen LogP) is 3.28. The van der Waals surface area contributed by atoms with E-state index in [0.29, 0.717) is 17.8 Å². The van der Waals surface area contributed by atoms with Gasteiger partial charge in [0.2, 0.25) is 0 Å². The zero-order chi connectivity index (χ0) is 29.8. The topological polar surface area (TPSA) is 166 Å². The Balaban J connectivity index is 0.000000289. The molecule has 0 radical (unpaired) electrons. The molecule has 0 aliphatic carbocycles. The van der Waals surface area contributed by atoms with Crippen LogP contribution in [-0.2, 0) is 27.1 Å². The van der Waals surface area contributed by atoms with E-state index in [4.69, 9.17) is 20.4 Å². The highest BCUT2D eigenvalue weighted by Gasteiger charge is 2.41. The molecule has 1 unspecified atom stereocenters. The van der Waals surface area contributed by atoms with E-state index in [1.165, 1.54) is 13.0 Å². The van der Waals surface area contributed by atoms with Gasteiger partial charge < -0.3 is 20.4 Å². The monoisotopic (exact) mass is 570 g/mol. The minimum absolute atomic E-state index is 0.160. The quantitative estimate of drug-likeness (QED) is 0.295. The SMILES string of the molecule is Cc1cc(C(F)(F)F)n2nc(C3CCCN3Cc3ccccc3F)cc2n1.O=C(O)CC(O)(CC(=O)O)C(=O)O. The van der Waals surface area contributed by atoms with Crippen molar-refractivity contribution in [2.24, 2.45) is 0 Å². The molecular weight excluding hydrogens is 544 g/mol. The zero-order valence-electron chi connectivity index (χ0n) is 21.1. The van der Waals surface area contributed by atoms with Gasteiger partial charge in [-0.25, -0.2) is 18.7 Å². The van der Waals surface area contributed by atoms with Crippen LogP contribution in [0.3, 0.4) is 0 Å². The molecule has 0 bridgehead atoms. The maximum absolute atomic E-state index is 14.0. The number of hydrogen-bond donors (Lipinski definition) is 4.